The third-order valence-electron chi connectivity index (χ3n) is 2.42. The van der Waals surface area contributed by atoms with Crippen molar-refractivity contribution < 1.29 is 9.53 Å². The number of ether oxygens (including phenoxy) is 1. The van der Waals surface area contributed by atoms with Crippen LogP contribution in [0.15, 0.2) is 0 Å². The summed E-state index contributed by atoms with van der Waals surface area (Å²) in [5.41, 5.74) is 5.38. The predicted octanol–water partition coefficient (Wildman–Crippen LogP) is 0.577. The third kappa shape index (κ3) is 2.29. The maximum atomic E-state index is 11.6. The van der Waals surface area contributed by atoms with Crippen molar-refractivity contribution in [2.24, 2.45) is 17.6 Å². The van der Waals surface area contributed by atoms with Crippen molar-refractivity contribution in [2.45, 2.75) is 19.8 Å². The highest BCUT2D eigenvalue weighted by Crippen LogP contribution is 2.18. The third-order valence-corrected chi connectivity index (χ3v) is 2.42. The highest BCUT2D eigenvalue weighted by molar-refractivity contribution is 5.83. The molecule has 0 amide bonds. The van der Waals surface area contributed by atoms with E-state index in [1.165, 1.54) is 0 Å². The normalized spacial score (nSPS) is 25.7. The molecule has 1 aliphatic heterocycles. The number of Topliss-reactive ketones (excluding diaryl/α,β-unsaturated/α-hetero) is 1. The molecule has 1 aliphatic rings. The zero-order valence-electron chi connectivity index (χ0n) is 7.58. The summed E-state index contributed by atoms with van der Waals surface area (Å²) in [6.07, 6.45) is 1.70. The van der Waals surface area contributed by atoms with Crippen molar-refractivity contribution in [3.63, 3.8) is 0 Å². The van der Waals surface area contributed by atoms with Crippen molar-refractivity contribution in [3.8, 4) is 0 Å². The van der Waals surface area contributed by atoms with Crippen LogP contribution in [0.2, 0.25) is 0 Å². The molecule has 0 aromatic heterocycles. The molecule has 1 saturated heterocycles. The molecule has 0 bridgehead atoms. The summed E-state index contributed by atoms with van der Waals surface area (Å²) in [5, 5.41) is 0. The molecule has 0 radical (unpaired) electrons. The van der Waals surface area contributed by atoms with E-state index >= 15 is 0 Å². The molecule has 0 saturated carbocycles. The second-order valence-electron chi connectivity index (χ2n) is 3.44. The van der Waals surface area contributed by atoms with E-state index < -0.39 is 0 Å². The molecule has 3 nitrogen and oxygen atoms in total. The van der Waals surface area contributed by atoms with Crippen molar-refractivity contribution in [2.75, 3.05) is 19.8 Å². The molecule has 0 aliphatic carbocycles. The molecule has 3 heteroatoms. The second kappa shape index (κ2) is 4.58. The van der Waals surface area contributed by atoms with Gasteiger partial charge in [0, 0.05) is 18.4 Å². The number of nitrogens with two attached hydrogens (primary N) is 1. The van der Waals surface area contributed by atoms with Gasteiger partial charge in [-0.2, -0.15) is 0 Å². The molecule has 0 spiro atoms. The van der Waals surface area contributed by atoms with Gasteiger partial charge in [0.2, 0.25) is 0 Å². The van der Waals surface area contributed by atoms with Gasteiger partial charge in [-0.1, -0.05) is 6.92 Å². The van der Waals surface area contributed by atoms with Crippen molar-refractivity contribution in [3.05, 3.63) is 0 Å². The molecule has 0 aromatic rings. The van der Waals surface area contributed by atoms with E-state index in [0.29, 0.717) is 18.9 Å². The Morgan fingerprint density at radius 3 is 3.00 bits per heavy atom. The summed E-state index contributed by atoms with van der Waals surface area (Å²) in [6, 6.07) is 0. The standard InChI is InChI=1S/C9H17NO2/c1-7(2-4-10)9(11)8-3-5-12-6-8/h7-8H,2-6,10H2,1H3. The summed E-state index contributed by atoms with van der Waals surface area (Å²) in [5.74, 6) is 0.589. The fourth-order valence-electron chi connectivity index (χ4n) is 1.55. The monoisotopic (exact) mass is 171 g/mol. The molecule has 2 N–H and O–H groups in total. The maximum absolute atomic E-state index is 11.6. The fourth-order valence-corrected chi connectivity index (χ4v) is 1.55. The zero-order valence-corrected chi connectivity index (χ0v) is 7.58. The molecule has 2 atom stereocenters. The van der Waals surface area contributed by atoms with Gasteiger partial charge in [0.05, 0.1) is 6.61 Å². The average Bonchev–Trinajstić information content (AvgIpc) is 2.55. The summed E-state index contributed by atoms with van der Waals surface area (Å²) in [7, 11) is 0. The van der Waals surface area contributed by atoms with Crippen LogP contribution in [0.4, 0.5) is 0 Å². The van der Waals surface area contributed by atoms with Crippen molar-refractivity contribution in [1.29, 1.82) is 0 Å². The van der Waals surface area contributed by atoms with Gasteiger partial charge in [0.1, 0.15) is 5.78 Å². The van der Waals surface area contributed by atoms with E-state index in [4.69, 9.17) is 10.5 Å². The Hall–Kier alpha value is -0.410. The van der Waals surface area contributed by atoms with Gasteiger partial charge in [-0.3, -0.25) is 4.79 Å². The van der Waals surface area contributed by atoms with E-state index in [1.807, 2.05) is 6.92 Å². The molecular formula is C9H17NO2. The molecule has 1 rings (SSSR count). The first kappa shape index (κ1) is 9.68. The smallest absolute Gasteiger partial charge is 0.141 e. The lowest BCUT2D eigenvalue weighted by Crippen LogP contribution is -2.23. The number of carbonyl (C=O) groups excluding carboxylic acids is 1. The molecule has 2 unspecified atom stereocenters. The minimum atomic E-state index is 0.113. The highest BCUT2D eigenvalue weighted by atomic mass is 16.5. The second-order valence-corrected chi connectivity index (χ2v) is 3.44. The lowest BCUT2D eigenvalue weighted by Gasteiger charge is -2.12. The van der Waals surface area contributed by atoms with Crippen LogP contribution in [0.1, 0.15) is 19.8 Å². The Kier molecular flexibility index (Phi) is 3.69. The largest absolute Gasteiger partial charge is 0.381 e. The summed E-state index contributed by atoms with van der Waals surface area (Å²) in [4.78, 5) is 11.6. The molecule has 1 fully saturated rings. The average molecular weight is 171 g/mol. The Morgan fingerprint density at radius 2 is 2.50 bits per heavy atom. The summed E-state index contributed by atoms with van der Waals surface area (Å²) < 4.78 is 5.15. The SMILES string of the molecule is CC(CCN)C(=O)C1CCOC1. The Balaban J connectivity index is 2.34. The van der Waals surface area contributed by atoms with Crippen LogP contribution in [-0.4, -0.2) is 25.5 Å². The number of hydrogen-bond acceptors (Lipinski definition) is 3. The zero-order chi connectivity index (χ0) is 8.97. The Labute approximate surface area is 73.3 Å². The Bertz CT molecular complexity index is 153. The predicted molar refractivity (Wildman–Crippen MR) is 46.8 cm³/mol. The summed E-state index contributed by atoms with van der Waals surface area (Å²) in [6.45, 7) is 3.91. The van der Waals surface area contributed by atoms with E-state index in [-0.39, 0.29) is 11.8 Å². The number of hydrogen-bond donors (Lipinski definition) is 1. The van der Waals surface area contributed by atoms with Gasteiger partial charge in [0.15, 0.2) is 0 Å². The van der Waals surface area contributed by atoms with Crippen LogP contribution in [0.25, 0.3) is 0 Å². The van der Waals surface area contributed by atoms with Gasteiger partial charge >= 0.3 is 0 Å². The van der Waals surface area contributed by atoms with E-state index in [9.17, 15) is 4.79 Å². The molecule has 1 heterocycles. The van der Waals surface area contributed by atoms with E-state index in [2.05, 4.69) is 0 Å². The summed E-state index contributed by atoms with van der Waals surface area (Å²) >= 11 is 0. The lowest BCUT2D eigenvalue weighted by molar-refractivity contribution is -0.126. The quantitative estimate of drug-likeness (QED) is 0.673. The number of carbonyl (C=O) groups is 1. The first-order valence-corrected chi connectivity index (χ1v) is 4.57. The minimum Gasteiger partial charge on any atom is -0.381 e. The molecule has 0 aromatic carbocycles. The molecule has 12 heavy (non-hydrogen) atoms. The van der Waals surface area contributed by atoms with Gasteiger partial charge in [-0.05, 0) is 19.4 Å². The first-order valence-electron chi connectivity index (χ1n) is 4.57. The molecular weight excluding hydrogens is 154 g/mol. The first-order chi connectivity index (χ1) is 5.75. The fraction of sp³-hybridized carbons (Fsp3) is 0.889. The van der Waals surface area contributed by atoms with Crippen LogP contribution in [-0.2, 0) is 9.53 Å². The van der Waals surface area contributed by atoms with Crippen LogP contribution in [0.3, 0.4) is 0 Å². The topological polar surface area (TPSA) is 52.3 Å². The van der Waals surface area contributed by atoms with E-state index in [0.717, 1.165) is 19.4 Å². The van der Waals surface area contributed by atoms with Crippen LogP contribution in [0.5, 0.6) is 0 Å². The van der Waals surface area contributed by atoms with Crippen LogP contribution >= 0.6 is 0 Å². The van der Waals surface area contributed by atoms with Crippen LogP contribution < -0.4 is 5.73 Å². The van der Waals surface area contributed by atoms with E-state index in [1.54, 1.807) is 0 Å². The lowest BCUT2D eigenvalue weighted by atomic mass is 9.91. The molecule has 70 valence electrons. The van der Waals surface area contributed by atoms with Gasteiger partial charge in [-0.15, -0.1) is 0 Å². The van der Waals surface area contributed by atoms with Gasteiger partial charge < -0.3 is 10.5 Å². The minimum absolute atomic E-state index is 0.113. The Morgan fingerprint density at radius 1 is 1.75 bits per heavy atom. The van der Waals surface area contributed by atoms with Gasteiger partial charge in [0.25, 0.3) is 0 Å². The van der Waals surface area contributed by atoms with Crippen molar-refractivity contribution in [1.82, 2.24) is 0 Å². The maximum Gasteiger partial charge on any atom is 0.141 e. The number of rotatable bonds is 4. The number of ketones is 1. The highest BCUT2D eigenvalue weighted by Gasteiger charge is 2.26. The van der Waals surface area contributed by atoms with Gasteiger partial charge in [-0.25, -0.2) is 0 Å². The van der Waals surface area contributed by atoms with Crippen LogP contribution in [0, 0.1) is 11.8 Å². The van der Waals surface area contributed by atoms with Crippen molar-refractivity contribution >= 4 is 5.78 Å².